The fourth-order valence-electron chi connectivity index (χ4n) is 2.73. The van der Waals surface area contributed by atoms with Crippen LogP contribution in [0, 0.1) is 6.92 Å². The molecular weight excluding hydrogens is 344 g/mol. The van der Waals surface area contributed by atoms with Crippen LogP contribution in [0.2, 0.25) is 0 Å². The van der Waals surface area contributed by atoms with E-state index >= 15 is 0 Å². The number of ether oxygens (including phenoxy) is 1. The number of rotatable bonds is 7. The topological polar surface area (TPSA) is 100 Å². The van der Waals surface area contributed by atoms with Crippen LogP contribution in [0.3, 0.4) is 0 Å². The van der Waals surface area contributed by atoms with Gasteiger partial charge in [-0.1, -0.05) is 30.3 Å². The number of nitrogens with one attached hydrogen (secondary N) is 2. The molecule has 0 saturated heterocycles. The SMILES string of the molecule is CCOc1ncc(C)c(-c2c[nH]c(C(=O)N[C@H](CO)c3ccccc3)c2)n1. The minimum atomic E-state index is -0.476. The smallest absolute Gasteiger partial charge is 0.316 e. The number of carbonyl (C=O) groups excluding carboxylic acids is 1. The normalized spacial score (nSPS) is 11.8. The van der Waals surface area contributed by atoms with Gasteiger partial charge in [0, 0.05) is 18.0 Å². The van der Waals surface area contributed by atoms with Crippen LogP contribution in [0.4, 0.5) is 0 Å². The van der Waals surface area contributed by atoms with Crippen molar-refractivity contribution in [2.75, 3.05) is 13.2 Å². The number of hydrogen-bond donors (Lipinski definition) is 3. The Hall–Kier alpha value is -3.19. The summed E-state index contributed by atoms with van der Waals surface area (Å²) in [6.45, 7) is 4.05. The molecule has 3 aromatic rings. The number of aromatic nitrogens is 3. The molecule has 1 aromatic carbocycles. The first-order valence-corrected chi connectivity index (χ1v) is 8.74. The molecule has 3 N–H and O–H groups in total. The van der Waals surface area contributed by atoms with E-state index in [4.69, 9.17) is 4.74 Å². The van der Waals surface area contributed by atoms with Gasteiger partial charge in [-0.15, -0.1) is 0 Å². The summed E-state index contributed by atoms with van der Waals surface area (Å²) in [5, 5.41) is 12.5. The lowest BCUT2D eigenvalue weighted by atomic mass is 10.1. The van der Waals surface area contributed by atoms with Crippen molar-refractivity contribution in [1.29, 1.82) is 0 Å². The Bertz CT molecular complexity index is 909. The van der Waals surface area contributed by atoms with Gasteiger partial charge in [0.1, 0.15) is 5.69 Å². The van der Waals surface area contributed by atoms with Crippen molar-refractivity contribution in [1.82, 2.24) is 20.3 Å². The summed E-state index contributed by atoms with van der Waals surface area (Å²) in [4.78, 5) is 24.1. The second-order valence-corrected chi connectivity index (χ2v) is 6.04. The number of benzene rings is 1. The molecule has 0 radical (unpaired) electrons. The number of aryl methyl sites for hydroxylation is 1. The summed E-state index contributed by atoms with van der Waals surface area (Å²) in [6, 6.07) is 10.9. The summed E-state index contributed by atoms with van der Waals surface area (Å²) in [7, 11) is 0. The molecule has 140 valence electrons. The zero-order chi connectivity index (χ0) is 19.2. The van der Waals surface area contributed by atoms with Crippen LogP contribution < -0.4 is 10.1 Å². The zero-order valence-electron chi connectivity index (χ0n) is 15.3. The summed E-state index contributed by atoms with van der Waals surface area (Å²) in [5.41, 5.74) is 3.57. The average molecular weight is 366 g/mol. The third kappa shape index (κ3) is 4.32. The predicted molar refractivity (Wildman–Crippen MR) is 101 cm³/mol. The van der Waals surface area contributed by atoms with Crippen LogP contribution in [0.1, 0.15) is 34.6 Å². The van der Waals surface area contributed by atoms with Crippen LogP contribution in [-0.4, -0.2) is 39.2 Å². The molecule has 0 aliphatic rings. The number of aliphatic hydroxyl groups is 1. The third-order valence-electron chi connectivity index (χ3n) is 4.11. The van der Waals surface area contributed by atoms with E-state index in [9.17, 15) is 9.90 Å². The van der Waals surface area contributed by atoms with Crippen molar-refractivity contribution in [3.8, 4) is 17.3 Å². The van der Waals surface area contributed by atoms with Gasteiger partial charge in [0.15, 0.2) is 0 Å². The fraction of sp³-hybridized carbons (Fsp3) is 0.250. The number of nitrogens with zero attached hydrogens (tertiary/aromatic N) is 2. The van der Waals surface area contributed by atoms with Gasteiger partial charge in [-0.25, -0.2) is 4.98 Å². The highest BCUT2D eigenvalue weighted by molar-refractivity contribution is 5.94. The van der Waals surface area contributed by atoms with Crippen molar-refractivity contribution < 1.29 is 14.6 Å². The number of carbonyl (C=O) groups is 1. The lowest BCUT2D eigenvalue weighted by Crippen LogP contribution is -2.30. The van der Waals surface area contributed by atoms with Gasteiger partial charge < -0.3 is 20.1 Å². The van der Waals surface area contributed by atoms with Crippen molar-refractivity contribution >= 4 is 5.91 Å². The largest absolute Gasteiger partial charge is 0.464 e. The third-order valence-corrected chi connectivity index (χ3v) is 4.11. The van der Waals surface area contributed by atoms with Gasteiger partial charge in [-0.05, 0) is 31.0 Å². The quantitative estimate of drug-likeness (QED) is 0.597. The van der Waals surface area contributed by atoms with Gasteiger partial charge in [-0.2, -0.15) is 4.98 Å². The highest BCUT2D eigenvalue weighted by Gasteiger charge is 2.17. The molecule has 3 rings (SSSR count). The van der Waals surface area contributed by atoms with E-state index in [-0.39, 0.29) is 12.5 Å². The Kier molecular flexibility index (Phi) is 5.83. The van der Waals surface area contributed by atoms with Crippen molar-refractivity contribution in [2.24, 2.45) is 0 Å². The Morgan fingerprint density at radius 1 is 1.33 bits per heavy atom. The van der Waals surface area contributed by atoms with Crippen molar-refractivity contribution in [3.05, 3.63) is 65.6 Å². The first kappa shape index (κ1) is 18.6. The van der Waals surface area contributed by atoms with E-state index < -0.39 is 6.04 Å². The summed E-state index contributed by atoms with van der Waals surface area (Å²) in [6.07, 6.45) is 3.41. The van der Waals surface area contributed by atoms with Crippen LogP contribution in [-0.2, 0) is 0 Å². The molecule has 0 unspecified atom stereocenters. The predicted octanol–water partition coefficient (Wildman–Crippen LogP) is 2.64. The molecule has 2 aromatic heterocycles. The Morgan fingerprint density at radius 2 is 2.11 bits per heavy atom. The standard InChI is InChI=1S/C20H22N4O3/c1-3-27-20-22-10-13(2)18(24-20)15-9-16(21-11-15)19(26)23-17(12-25)14-7-5-4-6-8-14/h4-11,17,21,25H,3,12H2,1-2H3,(H,23,26)/t17-/m1/s1. The van der Waals surface area contributed by atoms with E-state index in [1.165, 1.54) is 0 Å². The second-order valence-electron chi connectivity index (χ2n) is 6.04. The van der Waals surface area contributed by atoms with E-state index in [0.29, 0.717) is 24.0 Å². The lowest BCUT2D eigenvalue weighted by Gasteiger charge is -2.16. The molecule has 2 heterocycles. The first-order valence-electron chi connectivity index (χ1n) is 8.74. The fourth-order valence-corrected chi connectivity index (χ4v) is 2.73. The van der Waals surface area contributed by atoms with E-state index in [1.54, 1.807) is 18.5 Å². The van der Waals surface area contributed by atoms with Gasteiger partial charge in [-0.3, -0.25) is 4.79 Å². The molecule has 0 aliphatic carbocycles. The number of aromatic amines is 1. The molecule has 1 amide bonds. The molecular formula is C20H22N4O3. The molecule has 0 aliphatic heterocycles. The Morgan fingerprint density at radius 3 is 2.81 bits per heavy atom. The lowest BCUT2D eigenvalue weighted by molar-refractivity contribution is 0.0912. The number of hydrogen-bond acceptors (Lipinski definition) is 5. The second kappa shape index (κ2) is 8.46. The number of H-pyrrole nitrogens is 1. The van der Waals surface area contributed by atoms with E-state index in [1.807, 2.05) is 44.2 Å². The number of aliphatic hydroxyl groups excluding tert-OH is 1. The van der Waals surface area contributed by atoms with Crippen LogP contribution in [0.25, 0.3) is 11.3 Å². The monoisotopic (exact) mass is 366 g/mol. The van der Waals surface area contributed by atoms with Gasteiger partial charge in [0.25, 0.3) is 5.91 Å². The van der Waals surface area contributed by atoms with Crippen LogP contribution in [0.5, 0.6) is 6.01 Å². The minimum Gasteiger partial charge on any atom is -0.464 e. The maximum atomic E-state index is 12.6. The maximum Gasteiger partial charge on any atom is 0.316 e. The van der Waals surface area contributed by atoms with Crippen LogP contribution in [0.15, 0.2) is 48.8 Å². The Balaban J connectivity index is 1.79. The van der Waals surface area contributed by atoms with Gasteiger partial charge in [0.2, 0.25) is 0 Å². The molecule has 27 heavy (non-hydrogen) atoms. The highest BCUT2D eigenvalue weighted by atomic mass is 16.5. The van der Waals surface area contributed by atoms with Gasteiger partial charge in [0.05, 0.1) is 24.9 Å². The molecule has 1 atom stereocenters. The van der Waals surface area contributed by atoms with Crippen molar-refractivity contribution in [3.63, 3.8) is 0 Å². The molecule has 0 fully saturated rings. The molecule has 0 saturated carbocycles. The van der Waals surface area contributed by atoms with E-state index in [0.717, 1.165) is 16.7 Å². The zero-order valence-corrected chi connectivity index (χ0v) is 15.3. The first-order chi connectivity index (χ1) is 13.1. The highest BCUT2D eigenvalue weighted by Crippen LogP contribution is 2.23. The maximum absolute atomic E-state index is 12.6. The molecule has 0 spiro atoms. The van der Waals surface area contributed by atoms with Crippen LogP contribution >= 0.6 is 0 Å². The summed E-state index contributed by atoms with van der Waals surface area (Å²) in [5.74, 6) is -0.305. The van der Waals surface area contributed by atoms with Gasteiger partial charge >= 0.3 is 6.01 Å². The molecule has 0 bridgehead atoms. The number of amides is 1. The molecule has 7 heteroatoms. The summed E-state index contributed by atoms with van der Waals surface area (Å²) >= 11 is 0. The van der Waals surface area contributed by atoms with E-state index in [2.05, 4.69) is 20.3 Å². The minimum absolute atomic E-state index is 0.188. The molecule has 7 nitrogen and oxygen atoms in total. The Labute approximate surface area is 157 Å². The average Bonchev–Trinajstić information content (AvgIpc) is 3.18. The summed E-state index contributed by atoms with van der Waals surface area (Å²) < 4.78 is 5.35. The van der Waals surface area contributed by atoms with Crippen molar-refractivity contribution in [2.45, 2.75) is 19.9 Å².